The Morgan fingerprint density at radius 2 is 2.00 bits per heavy atom. The van der Waals surface area contributed by atoms with Gasteiger partial charge in [-0.15, -0.1) is 0 Å². The van der Waals surface area contributed by atoms with Crippen LogP contribution in [0.1, 0.15) is 40.0 Å². The van der Waals surface area contributed by atoms with Crippen LogP contribution in [0, 0.1) is 0 Å². The molecule has 1 aliphatic carbocycles. The molecule has 0 aromatic heterocycles. The Balaban J connectivity index is 2.51. The predicted octanol–water partition coefficient (Wildman–Crippen LogP) is 1.93. The molecule has 0 atom stereocenters. The van der Waals surface area contributed by atoms with E-state index in [0.717, 1.165) is 24.2 Å². The van der Waals surface area contributed by atoms with Gasteiger partial charge >= 0.3 is 6.09 Å². The van der Waals surface area contributed by atoms with Gasteiger partial charge in [0.05, 0.1) is 0 Å². The van der Waals surface area contributed by atoms with Gasteiger partial charge < -0.3 is 4.74 Å². The van der Waals surface area contributed by atoms with Crippen molar-refractivity contribution in [1.82, 2.24) is 4.90 Å². The number of amides is 2. The summed E-state index contributed by atoms with van der Waals surface area (Å²) in [6.07, 6.45) is 2.92. The van der Waals surface area contributed by atoms with Gasteiger partial charge in [-0.2, -0.15) is 0 Å². The van der Waals surface area contributed by atoms with Crippen molar-refractivity contribution in [2.45, 2.75) is 51.7 Å². The minimum Gasteiger partial charge on any atom is -0.443 e. The predicted molar refractivity (Wildman–Crippen MR) is 51.8 cm³/mol. The fraction of sp³-hybridized carbons (Fsp3) is 0.800. The van der Waals surface area contributed by atoms with Crippen molar-refractivity contribution in [3.63, 3.8) is 0 Å². The highest BCUT2D eigenvalue weighted by Crippen LogP contribution is 2.25. The number of nitrogens with zero attached hydrogens (tertiary/aromatic N) is 1. The van der Waals surface area contributed by atoms with Gasteiger partial charge in [0.25, 0.3) is 0 Å². The van der Waals surface area contributed by atoms with E-state index in [9.17, 15) is 9.59 Å². The highest BCUT2D eigenvalue weighted by molar-refractivity contribution is 5.81. The van der Waals surface area contributed by atoms with Crippen molar-refractivity contribution < 1.29 is 14.3 Å². The summed E-state index contributed by atoms with van der Waals surface area (Å²) in [5.74, 6) is 0. The number of imide groups is 1. The number of carbonyl (C=O) groups is 2. The zero-order valence-electron chi connectivity index (χ0n) is 8.95. The Morgan fingerprint density at radius 3 is 2.29 bits per heavy atom. The van der Waals surface area contributed by atoms with Crippen LogP contribution in [0.2, 0.25) is 0 Å². The molecule has 1 rings (SSSR count). The zero-order chi connectivity index (χ0) is 10.8. The monoisotopic (exact) mass is 199 g/mol. The highest BCUT2D eigenvalue weighted by atomic mass is 16.6. The fourth-order valence-corrected chi connectivity index (χ4v) is 1.26. The first kappa shape index (κ1) is 11.0. The Labute approximate surface area is 84.2 Å². The van der Waals surface area contributed by atoms with Crippen LogP contribution in [-0.2, 0) is 9.53 Å². The summed E-state index contributed by atoms with van der Waals surface area (Å²) in [6, 6.07) is 0.0577. The van der Waals surface area contributed by atoms with Gasteiger partial charge in [-0.25, -0.2) is 9.69 Å². The van der Waals surface area contributed by atoms with Crippen LogP contribution in [0.3, 0.4) is 0 Å². The van der Waals surface area contributed by atoms with Crippen molar-refractivity contribution in [2.75, 3.05) is 0 Å². The van der Waals surface area contributed by atoms with Crippen molar-refractivity contribution >= 4 is 12.5 Å². The molecule has 0 aromatic carbocycles. The number of hydrogen-bond donors (Lipinski definition) is 0. The van der Waals surface area contributed by atoms with E-state index < -0.39 is 11.7 Å². The van der Waals surface area contributed by atoms with Gasteiger partial charge in [0.2, 0.25) is 6.41 Å². The molecule has 4 heteroatoms. The summed E-state index contributed by atoms with van der Waals surface area (Å²) in [7, 11) is 0. The number of ether oxygens (including phenoxy) is 1. The molecule has 1 saturated carbocycles. The van der Waals surface area contributed by atoms with E-state index in [2.05, 4.69) is 0 Å². The molecule has 0 N–H and O–H groups in total. The summed E-state index contributed by atoms with van der Waals surface area (Å²) in [5, 5.41) is 0. The summed E-state index contributed by atoms with van der Waals surface area (Å²) in [5.41, 5.74) is -0.540. The van der Waals surface area contributed by atoms with E-state index in [-0.39, 0.29) is 6.04 Å². The maximum atomic E-state index is 11.5. The zero-order valence-corrected chi connectivity index (χ0v) is 8.95. The van der Waals surface area contributed by atoms with Crippen LogP contribution in [0.4, 0.5) is 4.79 Å². The summed E-state index contributed by atoms with van der Waals surface area (Å²) < 4.78 is 5.10. The Morgan fingerprint density at radius 1 is 1.43 bits per heavy atom. The quantitative estimate of drug-likeness (QED) is 0.638. The lowest BCUT2D eigenvalue weighted by molar-refractivity contribution is -0.120. The molecule has 0 unspecified atom stereocenters. The van der Waals surface area contributed by atoms with Crippen LogP contribution in [0.5, 0.6) is 0 Å². The van der Waals surface area contributed by atoms with Crippen molar-refractivity contribution in [2.24, 2.45) is 0 Å². The smallest absolute Gasteiger partial charge is 0.417 e. The minimum absolute atomic E-state index is 0.0577. The van der Waals surface area contributed by atoms with E-state index in [1.165, 1.54) is 0 Å². The fourth-order valence-electron chi connectivity index (χ4n) is 1.26. The van der Waals surface area contributed by atoms with Crippen molar-refractivity contribution in [3.8, 4) is 0 Å². The molecule has 0 radical (unpaired) electrons. The van der Waals surface area contributed by atoms with Crippen LogP contribution >= 0.6 is 0 Å². The highest BCUT2D eigenvalue weighted by Gasteiger charge is 2.31. The van der Waals surface area contributed by atoms with Gasteiger partial charge in [-0.1, -0.05) is 0 Å². The molecule has 1 fully saturated rings. The van der Waals surface area contributed by atoms with Gasteiger partial charge in [0.15, 0.2) is 0 Å². The Hall–Kier alpha value is -1.06. The van der Waals surface area contributed by atoms with Crippen LogP contribution in [0.25, 0.3) is 0 Å². The molecule has 1 aliphatic rings. The molecule has 0 aromatic rings. The molecule has 0 saturated heterocycles. The average Bonchev–Trinajstić information content (AvgIpc) is 1.92. The lowest BCUT2D eigenvalue weighted by Crippen LogP contribution is -2.45. The van der Waals surface area contributed by atoms with Crippen LogP contribution in [0.15, 0.2) is 0 Å². The van der Waals surface area contributed by atoms with E-state index in [1.807, 2.05) is 0 Å². The van der Waals surface area contributed by atoms with Crippen LogP contribution in [-0.4, -0.2) is 29.0 Å². The maximum absolute atomic E-state index is 11.5. The first-order valence-corrected chi connectivity index (χ1v) is 4.90. The summed E-state index contributed by atoms with van der Waals surface area (Å²) in [4.78, 5) is 23.3. The van der Waals surface area contributed by atoms with Crippen molar-refractivity contribution in [3.05, 3.63) is 0 Å². The van der Waals surface area contributed by atoms with Gasteiger partial charge in [0.1, 0.15) is 5.60 Å². The third kappa shape index (κ3) is 2.72. The van der Waals surface area contributed by atoms with Gasteiger partial charge in [-0.3, -0.25) is 4.79 Å². The molecule has 4 nitrogen and oxygen atoms in total. The Kier molecular flexibility index (Phi) is 3.13. The molecule has 0 heterocycles. The second kappa shape index (κ2) is 3.98. The van der Waals surface area contributed by atoms with Gasteiger partial charge in [0, 0.05) is 6.04 Å². The molecule has 0 aliphatic heterocycles. The first-order chi connectivity index (χ1) is 6.44. The second-order valence-electron chi connectivity index (χ2n) is 4.58. The molecule has 0 spiro atoms. The maximum Gasteiger partial charge on any atom is 0.417 e. The van der Waals surface area contributed by atoms with E-state index >= 15 is 0 Å². The normalized spacial score (nSPS) is 17.1. The topological polar surface area (TPSA) is 46.6 Å². The molecule has 14 heavy (non-hydrogen) atoms. The van der Waals surface area contributed by atoms with Crippen molar-refractivity contribution in [1.29, 1.82) is 0 Å². The average molecular weight is 199 g/mol. The SMILES string of the molecule is CC(C)(C)OC(=O)N(C=O)C1CCC1. The minimum atomic E-state index is -0.540. The third-order valence-corrected chi connectivity index (χ3v) is 2.19. The first-order valence-electron chi connectivity index (χ1n) is 4.90. The molecular weight excluding hydrogens is 182 g/mol. The lowest BCUT2D eigenvalue weighted by atomic mass is 9.92. The van der Waals surface area contributed by atoms with E-state index in [1.54, 1.807) is 20.8 Å². The second-order valence-corrected chi connectivity index (χ2v) is 4.58. The number of carbonyl (C=O) groups excluding carboxylic acids is 2. The third-order valence-electron chi connectivity index (χ3n) is 2.19. The van der Waals surface area contributed by atoms with Crippen LogP contribution < -0.4 is 0 Å². The number of hydrogen-bond acceptors (Lipinski definition) is 3. The molecule has 2 amide bonds. The molecular formula is C10H17NO3. The van der Waals surface area contributed by atoms with E-state index in [4.69, 9.17) is 4.74 Å². The summed E-state index contributed by atoms with van der Waals surface area (Å²) in [6.45, 7) is 5.36. The van der Waals surface area contributed by atoms with E-state index in [0.29, 0.717) is 6.41 Å². The largest absolute Gasteiger partial charge is 0.443 e. The molecule has 0 bridgehead atoms. The Bertz CT molecular complexity index is 228. The van der Waals surface area contributed by atoms with Gasteiger partial charge in [-0.05, 0) is 40.0 Å². The number of rotatable bonds is 2. The summed E-state index contributed by atoms with van der Waals surface area (Å²) >= 11 is 0. The standard InChI is InChI=1S/C10H17NO3/c1-10(2,3)14-9(13)11(7-12)8-5-4-6-8/h7-8H,4-6H2,1-3H3. The molecule has 80 valence electrons. The lowest BCUT2D eigenvalue weighted by Gasteiger charge is -2.34.